The van der Waals surface area contributed by atoms with Crippen molar-refractivity contribution in [2.75, 3.05) is 6.61 Å². The van der Waals surface area contributed by atoms with Gasteiger partial charge in [0.1, 0.15) is 5.75 Å². The van der Waals surface area contributed by atoms with Gasteiger partial charge in [-0.25, -0.2) is 0 Å². The molecule has 1 amide bonds. The SMILES string of the molecule is CCOc1ccccc1/C=C/C(=O)NCc1ccccc1CO. The Morgan fingerprint density at radius 2 is 1.83 bits per heavy atom. The molecular weight excluding hydrogens is 290 g/mol. The zero-order valence-corrected chi connectivity index (χ0v) is 13.2. The second kappa shape index (κ2) is 8.76. The van der Waals surface area contributed by atoms with E-state index in [1.807, 2.05) is 55.5 Å². The Labute approximate surface area is 136 Å². The predicted octanol–water partition coefficient (Wildman–Crippen LogP) is 2.91. The van der Waals surface area contributed by atoms with Crippen molar-refractivity contribution in [3.63, 3.8) is 0 Å². The molecule has 0 aliphatic carbocycles. The third-order valence-electron chi connectivity index (χ3n) is 3.37. The van der Waals surface area contributed by atoms with E-state index in [-0.39, 0.29) is 12.5 Å². The third kappa shape index (κ3) is 4.97. The average Bonchev–Trinajstić information content (AvgIpc) is 2.59. The topological polar surface area (TPSA) is 58.6 Å². The van der Waals surface area contributed by atoms with Crippen LogP contribution in [0.15, 0.2) is 54.6 Å². The molecule has 0 heterocycles. The highest BCUT2D eigenvalue weighted by Crippen LogP contribution is 2.19. The van der Waals surface area contributed by atoms with Crippen molar-refractivity contribution >= 4 is 12.0 Å². The number of aliphatic hydroxyl groups excluding tert-OH is 1. The second-order valence-corrected chi connectivity index (χ2v) is 4.95. The van der Waals surface area contributed by atoms with E-state index in [2.05, 4.69) is 5.32 Å². The van der Waals surface area contributed by atoms with Gasteiger partial charge in [0.25, 0.3) is 0 Å². The van der Waals surface area contributed by atoms with Gasteiger partial charge in [-0.05, 0) is 30.2 Å². The summed E-state index contributed by atoms with van der Waals surface area (Å²) in [6.45, 7) is 2.84. The van der Waals surface area contributed by atoms with Crippen LogP contribution in [-0.4, -0.2) is 17.6 Å². The van der Waals surface area contributed by atoms with Gasteiger partial charge in [-0.15, -0.1) is 0 Å². The number of nitrogens with one attached hydrogen (secondary N) is 1. The maximum Gasteiger partial charge on any atom is 0.244 e. The molecule has 0 saturated carbocycles. The van der Waals surface area contributed by atoms with Gasteiger partial charge in [0.05, 0.1) is 13.2 Å². The lowest BCUT2D eigenvalue weighted by atomic mass is 10.1. The number of amides is 1. The maximum atomic E-state index is 12.0. The van der Waals surface area contributed by atoms with Crippen molar-refractivity contribution in [2.45, 2.75) is 20.1 Å². The van der Waals surface area contributed by atoms with Gasteiger partial charge in [-0.2, -0.15) is 0 Å². The Bertz CT molecular complexity index is 680. The van der Waals surface area contributed by atoms with Gasteiger partial charge in [-0.1, -0.05) is 42.5 Å². The Balaban J connectivity index is 1.97. The molecule has 120 valence electrons. The predicted molar refractivity (Wildman–Crippen MR) is 90.9 cm³/mol. The van der Waals surface area contributed by atoms with Gasteiger partial charge in [0, 0.05) is 18.2 Å². The lowest BCUT2D eigenvalue weighted by Gasteiger charge is -2.08. The third-order valence-corrected chi connectivity index (χ3v) is 3.37. The van der Waals surface area contributed by atoms with Crippen LogP contribution in [-0.2, 0) is 17.9 Å². The number of benzene rings is 2. The normalized spacial score (nSPS) is 10.7. The summed E-state index contributed by atoms with van der Waals surface area (Å²) in [6, 6.07) is 15.0. The Morgan fingerprint density at radius 1 is 1.13 bits per heavy atom. The number of hydrogen-bond acceptors (Lipinski definition) is 3. The molecule has 0 atom stereocenters. The van der Waals surface area contributed by atoms with Crippen LogP contribution in [0.3, 0.4) is 0 Å². The first kappa shape index (κ1) is 16.8. The zero-order chi connectivity index (χ0) is 16.5. The summed E-state index contributed by atoms with van der Waals surface area (Å²) in [6.07, 6.45) is 3.22. The average molecular weight is 311 g/mol. The minimum Gasteiger partial charge on any atom is -0.493 e. The fraction of sp³-hybridized carbons (Fsp3) is 0.211. The molecule has 2 aromatic rings. The van der Waals surface area contributed by atoms with E-state index in [0.29, 0.717) is 13.2 Å². The quantitative estimate of drug-likeness (QED) is 0.773. The summed E-state index contributed by atoms with van der Waals surface area (Å²) in [5, 5.41) is 12.1. The van der Waals surface area contributed by atoms with Crippen molar-refractivity contribution in [3.8, 4) is 5.75 Å². The monoisotopic (exact) mass is 311 g/mol. The van der Waals surface area contributed by atoms with E-state index in [1.54, 1.807) is 6.08 Å². The van der Waals surface area contributed by atoms with Gasteiger partial charge in [0.2, 0.25) is 5.91 Å². The summed E-state index contributed by atoms with van der Waals surface area (Å²) in [5.41, 5.74) is 2.59. The molecule has 0 saturated heterocycles. The van der Waals surface area contributed by atoms with Gasteiger partial charge in [0.15, 0.2) is 0 Å². The Morgan fingerprint density at radius 3 is 2.57 bits per heavy atom. The van der Waals surface area contributed by atoms with Crippen molar-refractivity contribution in [3.05, 3.63) is 71.3 Å². The first-order valence-corrected chi connectivity index (χ1v) is 7.60. The molecule has 0 radical (unpaired) electrons. The van der Waals surface area contributed by atoms with E-state index in [9.17, 15) is 9.90 Å². The molecule has 0 fully saturated rings. The highest BCUT2D eigenvalue weighted by Gasteiger charge is 2.03. The molecule has 0 bridgehead atoms. The standard InChI is InChI=1S/C19H21NO3/c1-2-23-18-10-6-5-7-15(18)11-12-19(22)20-13-16-8-3-4-9-17(16)14-21/h3-12,21H,2,13-14H2,1H3,(H,20,22)/b12-11+. The van der Waals surface area contributed by atoms with Crippen LogP contribution in [0.1, 0.15) is 23.6 Å². The van der Waals surface area contributed by atoms with Crippen LogP contribution in [0.4, 0.5) is 0 Å². The van der Waals surface area contributed by atoms with E-state index >= 15 is 0 Å². The van der Waals surface area contributed by atoms with Gasteiger partial charge in [-0.3, -0.25) is 4.79 Å². The molecule has 0 aromatic heterocycles. The van der Waals surface area contributed by atoms with Crippen LogP contribution in [0.2, 0.25) is 0 Å². The fourth-order valence-electron chi connectivity index (χ4n) is 2.20. The maximum absolute atomic E-state index is 12.0. The van der Waals surface area contributed by atoms with Crippen molar-refractivity contribution in [2.24, 2.45) is 0 Å². The smallest absolute Gasteiger partial charge is 0.244 e. The number of carbonyl (C=O) groups is 1. The largest absolute Gasteiger partial charge is 0.493 e. The number of para-hydroxylation sites is 1. The summed E-state index contributed by atoms with van der Waals surface area (Å²) in [4.78, 5) is 12.0. The van der Waals surface area contributed by atoms with Crippen molar-refractivity contribution in [1.82, 2.24) is 5.32 Å². The van der Waals surface area contributed by atoms with Crippen molar-refractivity contribution < 1.29 is 14.6 Å². The summed E-state index contributed by atoms with van der Waals surface area (Å²) in [7, 11) is 0. The van der Waals surface area contributed by atoms with Crippen LogP contribution in [0.5, 0.6) is 5.75 Å². The summed E-state index contributed by atoms with van der Waals surface area (Å²) >= 11 is 0. The van der Waals surface area contributed by atoms with E-state index in [1.165, 1.54) is 6.08 Å². The molecule has 2 N–H and O–H groups in total. The number of rotatable bonds is 7. The number of hydrogen-bond donors (Lipinski definition) is 2. The molecular formula is C19H21NO3. The first-order chi connectivity index (χ1) is 11.2. The van der Waals surface area contributed by atoms with Gasteiger partial charge >= 0.3 is 0 Å². The highest BCUT2D eigenvalue weighted by atomic mass is 16.5. The van der Waals surface area contributed by atoms with Crippen molar-refractivity contribution in [1.29, 1.82) is 0 Å². The number of carbonyl (C=O) groups excluding carboxylic acids is 1. The fourth-order valence-corrected chi connectivity index (χ4v) is 2.20. The molecule has 0 spiro atoms. The Kier molecular flexibility index (Phi) is 6.39. The minimum absolute atomic E-state index is 0.0381. The molecule has 0 aliphatic rings. The van der Waals surface area contributed by atoms with Crippen LogP contribution >= 0.6 is 0 Å². The van der Waals surface area contributed by atoms with E-state index < -0.39 is 0 Å². The molecule has 0 aliphatic heterocycles. The minimum atomic E-state index is -0.191. The molecule has 4 nitrogen and oxygen atoms in total. The van der Waals surface area contributed by atoms with Crippen LogP contribution in [0.25, 0.3) is 6.08 Å². The number of aliphatic hydroxyl groups is 1. The van der Waals surface area contributed by atoms with Crippen LogP contribution in [0, 0.1) is 0 Å². The van der Waals surface area contributed by atoms with Gasteiger partial charge < -0.3 is 15.2 Å². The molecule has 4 heteroatoms. The molecule has 0 unspecified atom stereocenters. The van der Waals surface area contributed by atoms with E-state index in [4.69, 9.17) is 4.74 Å². The molecule has 2 rings (SSSR count). The highest BCUT2D eigenvalue weighted by molar-refractivity contribution is 5.92. The summed E-state index contributed by atoms with van der Waals surface area (Å²) in [5.74, 6) is 0.564. The summed E-state index contributed by atoms with van der Waals surface area (Å²) < 4.78 is 5.52. The first-order valence-electron chi connectivity index (χ1n) is 7.60. The van der Waals surface area contributed by atoms with Crippen LogP contribution < -0.4 is 10.1 Å². The van der Waals surface area contributed by atoms with E-state index in [0.717, 1.165) is 22.4 Å². The Hall–Kier alpha value is -2.59. The lowest BCUT2D eigenvalue weighted by molar-refractivity contribution is -0.116. The zero-order valence-electron chi connectivity index (χ0n) is 13.2. The molecule has 23 heavy (non-hydrogen) atoms. The number of ether oxygens (including phenoxy) is 1. The lowest BCUT2D eigenvalue weighted by Crippen LogP contribution is -2.21. The molecule has 2 aromatic carbocycles. The second-order valence-electron chi connectivity index (χ2n) is 4.95.